The van der Waals surface area contributed by atoms with E-state index in [4.69, 9.17) is 9.52 Å². The molecule has 3 heterocycles. The van der Waals surface area contributed by atoms with Crippen molar-refractivity contribution in [2.24, 2.45) is 0 Å². The Bertz CT molecular complexity index is 643. The van der Waals surface area contributed by atoms with Gasteiger partial charge < -0.3 is 14.4 Å². The monoisotopic (exact) mass is 277 g/mol. The smallest absolute Gasteiger partial charge is 0.338 e. The minimum Gasteiger partial charge on any atom is -0.478 e. The van der Waals surface area contributed by atoms with Crippen LogP contribution in [-0.2, 0) is 13.0 Å². The van der Waals surface area contributed by atoms with Gasteiger partial charge in [0.05, 0.1) is 5.56 Å². The van der Waals surface area contributed by atoms with Crippen LogP contribution in [-0.4, -0.2) is 28.4 Å². The number of carbonyl (C=O) groups is 2. The van der Waals surface area contributed by atoms with E-state index in [2.05, 4.69) is 0 Å². The topological polar surface area (TPSA) is 70.7 Å². The Morgan fingerprint density at radius 2 is 2.26 bits per heavy atom. The molecule has 1 aliphatic rings. The first-order chi connectivity index (χ1) is 9.15. The van der Waals surface area contributed by atoms with Gasteiger partial charge in [0.15, 0.2) is 5.76 Å². The molecule has 2 aromatic rings. The minimum absolute atomic E-state index is 0.00316. The van der Waals surface area contributed by atoms with Gasteiger partial charge in [-0.05, 0) is 23.4 Å². The van der Waals surface area contributed by atoms with Gasteiger partial charge in [0.1, 0.15) is 6.26 Å². The lowest BCUT2D eigenvalue weighted by Crippen LogP contribution is -2.35. The molecule has 1 amide bonds. The predicted molar refractivity (Wildman–Crippen MR) is 68.4 cm³/mol. The van der Waals surface area contributed by atoms with Crippen molar-refractivity contribution in [2.75, 3.05) is 6.54 Å². The van der Waals surface area contributed by atoms with Gasteiger partial charge >= 0.3 is 5.97 Å². The fourth-order valence-corrected chi connectivity index (χ4v) is 3.03. The van der Waals surface area contributed by atoms with Crippen molar-refractivity contribution in [1.29, 1.82) is 0 Å². The molecule has 6 heteroatoms. The van der Waals surface area contributed by atoms with Crippen molar-refractivity contribution in [3.8, 4) is 0 Å². The number of amides is 1. The Morgan fingerprint density at radius 1 is 1.42 bits per heavy atom. The number of furan rings is 1. The van der Waals surface area contributed by atoms with Crippen LogP contribution in [0.3, 0.4) is 0 Å². The number of hydrogen-bond donors (Lipinski definition) is 1. The van der Waals surface area contributed by atoms with E-state index in [0.29, 0.717) is 13.1 Å². The van der Waals surface area contributed by atoms with Crippen LogP contribution in [0.5, 0.6) is 0 Å². The molecule has 0 radical (unpaired) electrons. The Morgan fingerprint density at radius 3 is 3.00 bits per heavy atom. The maximum Gasteiger partial charge on any atom is 0.338 e. The third kappa shape index (κ3) is 2.15. The summed E-state index contributed by atoms with van der Waals surface area (Å²) in [5.41, 5.74) is 1.16. The third-order valence-corrected chi connectivity index (χ3v) is 4.18. The molecule has 98 valence electrons. The number of carboxylic acid groups (broad SMARTS) is 1. The highest BCUT2D eigenvalue weighted by atomic mass is 32.1. The molecule has 0 spiro atoms. The van der Waals surface area contributed by atoms with Crippen LogP contribution in [0.1, 0.15) is 31.4 Å². The molecule has 0 aromatic carbocycles. The molecule has 0 saturated carbocycles. The Balaban J connectivity index is 1.79. The summed E-state index contributed by atoms with van der Waals surface area (Å²) in [5, 5.41) is 10.8. The average Bonchev–Trinajstić information content (AvgIpc) is 3.06. The molecule has 0 saturated heterocycles. The van der Waals surface area contributed by atoms with Crippen molar-refractivity contribution < 1.29 is 19.1 Å². The van der Waals surface area contributed by atoms with E-state index in [-0.39, 0.29) is 17.2 Å². The second-order valence-electron chi connectivity index (χ2n) is 4.35. The lowest BCUT2D eigenvalue weighted by molar-refractivity contribution is 0.0690. The standard InChI is InChI=1S/C13H11NO4S/c15-12(10-5-9(7-18-10)13(16)17)14-3-1-11-8(6-14)2-4-19-11/h2,4-5,7H,1,3,6H2,(H,16,17). The van der Waals surface area contributed by atoms with Crippen LogP contribution in [0.2, 0.25) is 0 Å². The molecule has 3 rings (SSSR count). The number of carboxylic acids is 1. The van der Waals surface area contributed by atoms with Gasteiger partial charge in [-0.15, -0.1) is 11.3 Å². The SMILES string of the molecule is O=C(O)c1coc(C(=O)N2CCc3sccc3C2)c1. The normalized spacial score (nSPS) is 14.2. The molecule has 2 aromatic heterocycles. The fourth-order valence-electron chi connectivity index (χ4n) is 2.14. The summed E-state index contributed by atoms with van der Waals surface area (Å²) in [7, 11) is 0. The number of thiophene rings is 1. The lowest BCUT2D eigenvalue weighted by atomic mass is 10.1. The van der Waals surface area contributed by atoms with Crippen LogP contribution in [0.15, 0.2) is 28.2 Å². The van der Waals surface area contributed by atoms with E-state index >= 15 is 0 Å². The van der Waals surface area contributed by atoms with E-state index in [0.717, 1.165) is 18.2 Å². The van der Waals surface area contributed by atoms with Crippen LogP contribution in [0.4, 0.5) is 0 Å². The lowest BCUT2D eigenvalue weighted by Gasteiger charge is -2.26. The Kier molecular flexibility index (Phi) is 2.87. The van der Waals surface area contributed by atoms with E-state index in [9.17, 15) is 9.59 Å². The second-order valence-corrected chi connectivity index (χ2v) is 5.35. The average molecular weight is 277 g/mol. The van der Waals surface area contributed by atoms with Gasteiger partial charge in [0.25, 0.3) is 5.91 Å². The molecule has 5 nitrogen and oxygen atoms in total. The largest absolute Gasteiger partial charge is 0.478 e. The van der Waals surface area contributed by atoms with Gasteiger partial charge in [0.2, 0.25) is 0 Å². The van der Waals surface area contributed by atoms with Gasteiger partial charge in [0, 0.05) is 24.0 Å². The first-order valence-corrected chi connectivity index (χ1v) is 6.69. The highest BCUT2D eigenvalue weighted by Crippen LogP contribution is 2.25. The van der Waals surface area contributed by atoms with Crippen molar-refractivity contribution in [3.63, 3.8) is 0 Å². The Labute approximate surface area is 113 Å². The molecule has 0 fully saturated rings. The Hall–Kier alpha value is -2.08. The molecule has 1 aliphatic heterocycles. The van der Waals surface area contributed by atoms with Crippen LogP contribution >= 0.6 is 11.3 Å². The number of nitrogens with zero attached hydrogens (tertiary/aromatic N) is 1. The highest BCUT2D eigenvalue weighted by Gasteiger charge is 2.25. The summed E-state index contributed by atoms with van der Waals surface area (Å²) in [6.45, 7) is 1.19. The zero-order valence-electron chi connectivity index (χ0n) is 9.96. The first-order valence-electron chi connectivity index (χ1n) is 5.81. The van der Waals surface area contributed by atoms with Gasteiger partial charge in [-0.3, -0.25) is 4.79 Å². The number of hydrogen-bond acceptors (Lipinski definition) is 4. The van der Waals surface area contributed by atoms with Crippen molar-refractivity contribution in [2.45, 2.75) is 13.0 Å². The zero-order chi connectivity index (χ0) is 13.4. The first kappa shape index (κ1) is 12.0. The fraction of sp³-hybridized carbons (Fsp3) is 0.231. The number of carbonyl (C=O) groups excluding carboxylic acids is 1. The zero-order valence-corrected chi connectivity index (χ0v) is 10.8. The summed E-state index contributed by atoms with van der Waals surface area (Å²) in [4.78, 5) is 26.0. The molecule has 19 heavy (non-hydrogen) atoms. The van der Waals surface area contributed by atoms with E-state index in [1.165, 1.54) is 10.9 Å². The van der Waals surface area contributed by atoms with Crippen molar-refractivity contribution in [3.05, 3.63) is 45.5 Å². The third-order valence-electron chi connectivity index (χ3n) is 3.15. The maximum atomic E-state index is 12.2. The number of aromatic carboxylic acids is 1. The summed E-state index contributed by atoms with van der Waals surface area (Å²) in [5.74, 6) is -1.28. The highest BCUT2D eigenvalue weighted by molar-refractivity contribution is 7.10. The second kappa shape index (κ2) is 4.55. The van der Waals surface area contributed by atoms with Gasteiger partial charge in [-0.25, -0.2) is 4.79 Å². The van der Waals surface area contributed by atoms with Crippen LogP contribution in [0.25, 0.3) is 0 Å². The molecular weight excluding hydrogens is 266 g/mol. The van der Waals surface area contributed by atoms with E-state index < -0.39 is 5.97 Å². The molecular formula is C13H11NO4S. The predicted octanol–water partition coefficient (Wildman–Crippen LogP) is 2.24. The quantitative estimate of drug-likeness (QED) is 0.913. The number of fused-ring (bicyclic) bond motifs is 1. The molecule has 1 N–H and O–H groups in total. The molecule has 0 aliphatic carbocycles. The summed E-state index contributed by atoms with van der Waals surface area (Å²) in [6, 6.07) is 3.29. The number of rotatable bonds is 2. The van der Waals surface area contributed by atoms with E-state index in [1.54, 1.807) is 16.2 Å². The minimum atomic E-state index is -1.10. The van der Waals surface area contributed by atoms with Gasteiger partial charge in [-0.1, -0.05) is 0 Å². The summed E-state index contributed by atoms with van der Waals surface area (Å²) >= 11 is 1.70. The summed E-state index contributed by atoms with van der Waals surface area (Å²) < 4.78 is 5.04. The van der Waals surface area contributed by atoms with Crippen LogP contribution in [0, 0.1) is 0 Å². The summed E-state index contributed by atoms with van der Waals surface area (Å²) in [6.07, 6.45) is 1.93. The van der Waals surface area contributed by atoms with Crippen molar-refractivity contribution in [1.82, 2.24) is 4.90 Å². The molecule has 0 atom stereocenters. The maximum absolute atomic E-state index is 12.2. The molecule has 0 unspecified atom stereocenters. The van der Waals surface area contributed by atoms with Gasteiger partial charge in [-0.2, -0.15) is 0 Å². The van der Waals surface area contributed by atoms with Crippen LogP contribution < -0.4 is 0 Å². The molecule has 0 bridgehead atoms. The van der Waals surface area contributed by atoms with Crippen molar-refractivity contribution >= 4 is 23.2 Å². The van der Waals surface area contributed by atoms with E-state index in [1.807, 2.05) is 11.4 Å².